The molecule has 0 fully saturated rings. The second-order valence-corrected chi connectivity index (χ2v) is 5.78. The fraction of sp³-hybridized carbons (Fsp3) is 0.200. The van der Waals surface area contributed by atoms with Crippen molar-refractivity contribution in [1.29, 1.82) is 5.26 Å². The zero-order valence-corrected chi connectivity index (χ0v) is 13.5. The molecule has 0 spiro atoms. The topological polar surface area (TPSA) is 62.1 Å². The monoisotopic (exact) mass is 318 g/mol. The lowest BCUT2D eigenvalue weighted by molar-refractivity contribution is -0.117. The van der Waals surface area contributed by atoms with E-state index in [-0.39, 0.29) is 17.5 Å². The molecular formula is C20H18N2O2. The number of fused-ring (bicyclic) bond motifs is 1. The molecule has 4 nitrogen and oxygen atoms in total. The summed E-state index contributed by atoms with van der Waals surface area (Å²) >= 11 is 0. The molecule has 1 N–H and O–H groups in total. The molecule has 0 saturated heterocycles. The maximum absolute atomic E-state index is 12.5. The summed E-state index contributed by atoms with van der Waals surface area (Å²) in [6, 6.07) is 17.1. The molecule has 1 atom stereocenters. The van der Waals surface area contributed by atoms with E-state index >= 15 is 0 Å². The first-order chi connectivity index (χ1) is 11.7. The lowest BCUT2D eigenvalue weighted by Crippen LogP contribution is -2.32. The molecule has 3 rings (SSSR count). The molecule has 1 aliphatic rings. The van der Waals surface area contributed by atoms with Gasteiger partial charge in [-0.1, -0.05) is 48.0 Å². The second kappa shape index (κ2) is 7.01. The third-order valence-corrected chi connectivity index (χ3v) is 3.99. The van der Waals surface area contributed by atoms with Gasteiger partial charge in [0, 0.05) is 12.0 Å². The van der Waals surface area contributed by atoms with Crippen molar-refractivity contribution in [3.8, 4) is 11.8 Å². The van der Waals surface area contributed by atoms with Gasteiger partial charge in [-0.2, -0.15) is 5.26 Å². The summed E-state index contributed by atoms with van der Waals surface area (Å²) in [7, 11) is 0. The summed E-state index contributed by atoms with van der Waals surface area (Å²) in [5, 5.41) is 12.3. The van der Waals surface area contributed by atoms with Crippen molar-refractivity contribution in [2.45, 2.75) is 19.4 Å². The van der Waals surface area contributed by atoms with E-state index in [4.69, 9.17) is 4.74 Å². The van der Waals surface area contributed by atoms with Crippen LogP contribution in [0.3, 0.4) is 0 Å². The number of nitrogens with one attached hydrogen (secondary N) is 1. The number of benzene rings is 2. The van der Waals surface area contributed by atoms with Gasteiger partial charge in [-0.05, 0) is 24.6 Å². The molecule has 2 aromatic rings. The molecule has 120 valence electrons. The summed E-state index contributed by atoms with van der Waals surface area (Å²) < 4.78 is 5.64. The standard InChI is InChI=1S/C20H18N2O2/c1-14-7-8-19-17(11-14)18(9-10-24-19)22-20(23)16(13-21)12-15-5-3-2-4-6-15/h2-8,11-12,18H,9-10H2,1H3,(H,22,23)/b16-12+. The molecule has 0 aromatic heterocycles. The summed E-state index contributed by atoms with van der Waals surface area (Å²) in [5.74, 6) is 0.434. The van der Waals surface area contributed by atoms with Gasteiger partial charge in [0.05, 0.1) is 12.6 Å². The predicted octanol–water partition coefficient (Wildman–Crippen LogP) is 3.54. The van der Waals surface area contributed by atoms with E-state index in [0.29, 0.717) is 13.0 Å². The highest BCUT2D eigenvalue weighted by molar-refractivity contribution is 6.01. The van der Waals surface area contributed by atoms with Crippen LogP contribution in [0.4, 0.5) is 0 Å². The quantitative estimate of drug-likeness (QED) is 0.695. The van der Waals surface area contributed by atoms with Gasteiger partial charge in [-0.25, -0.2) is 0 Å². The van der Waals surface area contributed by atoms with E-state index < -0.39 is 0 Å². The number of rotatable bonds is 3. The maximum atomic E-state index is 12.5. The maximum Gasteiger partial charge on any atom is 0.262 e. The lowest BCUT2D eigenvalue weighted by Gasteiger charge is -2.27. The van der Waals surface area contributed by atoms with Crippen molar-refractivity contribution in [3.63, 3.8) is 0 Å². The van der Waals surface area contributed by atoms with Crippen LogP contribution in [0.25, 0.3) is 6.08 Å². The first-order valence-electron chi connectivity index (χ1n) is 7.88. The van der Waals surface area contributed by atoms with Crippen molar-refractivity contribution >= 4 is 12.0 Å². The van der Waals surface area contributed by atoms with E-state index in [0.717, 1.165) is 22.4 Å². The van der Waals surface area contributed by atoms with Crippen LogP contribution in [0, 0.1) is 18.3 Å². The Hall–Kier alpha value is -3.06. The van der Waals surface area contributed by atoms with Crippen LogP contribution in [0.15, 0.2) is 54.1 Å². The average molecular weight is 318 g/mol. The van der Waals surface area contributed by atoms with Crippen molar-refractivity contribution < 1.29 is 9.53 Å². The SMILES string of the molecule is Cc1ccc2c(c1)C(NC(=O)/C(C#N)=C/c1ccccc1)CCO2. The van der Waals surface area contributed by atoms with E-state index in [9.17, 15) is 10.1 Å². The normalized spacial score (nSPS) is 16.5. The molecular weight excluding hydrogens is 300 g/mol. The first kappa shape index (κ1) is 15.8. The molecule has 1 aliphatic heterocycles. The zero-order valence-electron chi connectivity index (χ0n) is 13.5. The van der Waals surface area contributed by atoms with E-state index in [1.54, 1.807) is 6.08 Å². The summed E-state index contributed by atoms with van der Waals surface area (Å²) in [6.45, 7) is 2.55. The number of aryl methyl sites for hydroxylation is 1. The fourth-order valence-corrected chi connectivity index (χ4v) is 2.76. The van der Waals surface area contributed by atoms with Gasteiger partial charge in [0.2, 0.25) is 0 Å². The molecule has 0 radical (unpaired) electrons. The minimum Gasteiger partial charge on any atom is -0.493 e. The van der Waals surface area contributed by atoms with Gasteiger partial charge in [0.15, 0.2) is 0 Å². The molecule has 24 heavy (non-hydrogen) atoms. The largest absolute Gasteiger partial charge is 0.493 e. The van der Waals surface area contributed by atoms with Crippen LogP contribution in [-0.2, 0) is 4.79 Å². The van der Waals surface area contributed by atoms with Crippen molar-refractivity contribution in [2.75, 3.05) is 6.61 Å². The van der Waals surface area contributed by atoms with Crippen LogP contribution in [0.2, 0.25) is 0 Å². The highest BCUT2D eigenvalue weighted by atomic mass is 16.5. The zero-order chi connectivity index (χ0) is 16.9. The first-order valence-corrected chi connectivity index (χ1v) is 7.88. The third-order valence-electron chi connectivity index (χ3n) is 3.99. The molecule has 0 bridgehead atoms. The highest BCUT2D eigenvalue weighted by Crippen LogP contribution is 2.32. The second-order valence-electron chi connectivity index (χ2n) is 5.78. The number of ether oxygens (including phenoxy) is 1. The number of amides is 1. The number of carbonyl (C=O) groups excluding carboxylic acids is 1. The Kier molecular flexibility index (Phi) is 4.62. The Morgan fingerprint density at radius 3 is 2.83 bits per heavy atom. The number of hydrogen-bond acceptors (Lipinski definition) is 3. The summed E-state index contributed by atoms with van der Waals surface area (Å²) in [4.78, 5) is 12.5. The van der Waals surface area contributed by atoms with Gasteiger partial charge >= 0.3 is 0 Å². The van der Waals surface area contributed by atoms with Crippen LogP contribution in [0.1, 0.15) is 29.2 Å². The molecule has 1 amide bonds. The number of nitriles is 1. The van der Waals surface area contributed by atoms with Gasteiger partial charge < -0.3 is 10.1 Å². The van der Waals surface area contributed by atoms with Crippen LogP contribution < -0.4 is 10.1 Å². The van der Waals surface area contributed by atoms with Gasteiger partial charge in [-0.3, -0.25) is 4.79 Å². The summed E-state index contributed by atoms with van der Waals surface area (Å²) in [6.07, 6.45) is 2.29. The smallest absolute Gasteiger partial charge is 0.262 e. The Morgan fingerprint density at radius 2 is 2.08 bits per heavy atom. The van der Waals surface area contributed by atoms with E-state index in [2.05, 4.69) is 5.32 Å². The molecule has 0 aliphatic carbocycles. The molecule has 1 heterocycles. The predicted molar refractivity (Wildman–Crippen MR) is 92.2 cm³/mol. The van der Waals surface area contributed by atoms with Gasteiger partial charge in [-0.15, -0.1) is 0 Å². The Morgan fingerprint density at radius 1 is 1.29 bits per heavy atom. The Labute approximate surface area is 141 Å². The fourth-order valence-electron chi connectivity index (χ4n) is 2.76. The Bertz CT molecular complexity index is 819. The minimum absolute atomic E-state index is 0.0990. The third kappa shape index (κ3) is 3.47. The molecule has 4 heteroatoms. The molecule has 1 unspecified atom stereocenters. The number of carbonyl (C=O) groups is 1. The lowest BCUT2D eigenvalue weighted by atomic mass is 9.98. The van der Waals surface area contributed by atoms with E-state index in [1.165, 1.54) is 0 Å². The van der Waals surface area contributed by atoms with Gasteiger partial charge in [0.1, 0.15) is 17.4 Å². The van der Waals surface area contributed by atoms with Crippen molar-refractivity contribution in [2.24, 2.45) is 0 Å². The van der Waals surface area contributed by atoms with Gasteiger partial charge in [0.25, 0.3) is 5.91 Å². The number of hydrogen-bond donors (Lipinski definition) is 1. The molecule has 0 saturated carbocycles. The average Bonchev–Trinajstić information content (AvgIpc) is 2.61. The number of nitrogens with zero attached hydrogens (tertiary/aromatic N) is 1. The van der Waals surface area contributed by atoms with Crippen molar-refractivity contribution in [3.05, 3.63) is 70.8 Å². The summed E-state index contributed by atoms with van der Waals surface area (Å²) in [5.41, 5.74) is 3.00. The van der Waals surface area contributed by atoms with E-state index in [1.807, 2.05) is 61.5 Å². The molecule has 2 aromatic carbocycles. The Balaban J connectivity index is 1.81. The van der Waals surface area contributed by atoms with Crippen LogP contribution >= 0.6 is 0 Å². The highest BCUT2D eigenvalue weighted by Gasteiger charge is 2.24. The minimum atomic E-state index is -0.360. The van der Waals surface area contributed by atoms with Crippen molar-refractivity contribution in [1.82, 2.24) is 5.32 Å². The van der Waals surface area contributed by atoms with Crippen LogP contribution in [-0.4, -0.2) is 12.5 Å². The van der Waals surface area contributed by atoms with Crippen LogP contribution in [0.5, 0.6) is 5.75 Å².